The van der Waals surface area contributed by atoms with Crippen LogP contribution in [0.1, 0.15) is 225 Å². The van der Waals surface area contributed by atoms with Crippen LogP contribution in [0.3, 0.4) is 0 Å². The zero-order valence-corrected chi connectivity index (χ0v) is 88.8. The molecule has 0 bridgehead atoms. The van der Waals surface area contributed by atoms with Crippen LogP contribution < -0.4 is 24.5 Å². The van der Waals surface area contributed by atoms with E-state index in [0.717, 1.165) is 6.42 Å². The van der Waals surface area contributed by atoms with Gasteiger partial charge in [0.1, 0.15) is 62.5 Å². The van der Waals surface area contributed by atoms with Crippen molar-refractivity contribution in [2.75, 3.05) is 159 Å². The number of hydrogen-bond acceptors (Lipinski definition) is 51. The number of phosphoric acid groups is 5. The Balaban J connectivity index is 0.0000102. The summed E-state index contributed by atoms with van der Waals surface area (Å²) in [5.74, 6) is -2.68. The summed E-state index contributed by atoms with van der Waals surface area (Å²) in [6, 6.07) is 0. The molecule has 6 aliphatic heterocycles. The molecule has 142 heavy (non-hydrogen) atoms. The fourth-order valence-electron chi connectivity index (χ4n) is 14.0. The zero-order valence-electron chi connectivity index (χ0n) is 84.3. The Morgan fingerprint density at radius 3 is 0.831 bits per heavy atom. The molecule has 0 aliphatic carbocycles. The van der Waals surface area contributed by atoms with Gasteiger partial charge in [-0.05, 0) is 101 Å². The van der Waals surface area contributed by atoms with Crippen LogP contribution in [0.4, 0.5) is 0 Å². The van der Waals surface area contributed by atoms with Gasteiger partial charge in [0.15, 0.2) is 55.1 Å². The van der Waals surface area contributed by atoms with Crippen molar-refractivity contribution >= 4 is 56.5 Å². The summed E-state index contributed by atoms with van der Waals surface area (Å²) in [5, 5.41) is 135. The van der Waals surface area contributed by atoms with Gasteiger partial charge in [-0.1, -0.05) is 85.5 Å². The lowest BCUT2D eigenvalue weighted by Gasteiger charge is -2.41. The van der Waals surface area contributed by atoms with Gasteiger partial charge in [-0.3, -0.25) is 37.2 Å². The first-order valence-electron chi connectivity index (χ1n) is 48.5. The molecule has 29 atom stereocenters. The lowest BCUT2D eigenvalue weighted by molar-refractivity contribution is -0.280. The van der Waals surface area contributed by atoms with Crippen molar-refractivity contribution in [3.63, 3.8) is 0 Å². The molecule has 0 aromatic rings. The van der Waals surface area contributed by atoms with E-state index in [4.69, 9.17) is 137 Å². The molecular formula is C86H168O51P5-5. The average Bonchev–Trinajstić information content (AvgIpc) is 1.68. The molecule has 0 radical (unpaired) electrons. The van der Waals surface area contributed by atoms with Crippen LogP contribution in [0.5, 0.6) is 0 Å². The number of phosphoric ester groups is 5. The highest BCUT2D eigenvalue weighted by molar-refractivity contribution is 7.47. The van der Waals surface area contributed by atoms with Crippen molar-refractivity contribution in [3.05, 3.63) is 0 Å². The van der Waals surface area contributed by atoms with Crippen molar-refractivity contribution < 1.29 is 245 Å². The van der Waals surface area contributed by atoms with E-state index in [1.807, 2.05) is 0 Å². The summed E-state index contributed by atoms with van der Waals surface area (Å²) in [5.41, 5.74) is -0.635. The van der Waals surface area contributed by atoms with Crippen molar-refractivity contribution in [1.29, 1.82) is 0 Å². The van der Waals surface area contributed by atoms with E-state index >= 15 is 0 Å². The van der Waals surface area contributed by atoms with Gasteiger partial charge in [-0.25, -0.2) is 0 Å². The largest absolute Gasteiger partial charge is 0.756 e. The topological polar surface area (TPSA) is 768 Å². The Morgan fingerprint density at radius 1 is 0.296 bits per heavy atom. The molecule has 6 heterocycles. The molecule has 6 fully saturated rings. The van der Waals surface area contributed by atoms with Gasteiger partial charge in [-0.15, -0.1) is 0 Å². The first kappa shape index (κ1) is 140. The number of ketones is 3. The number of Topliss-reactive ketones (excluding diaryl/α,β-unsaturated/α-hetero) is 3. The molecule has 0 aromatic carbocycles. The van der Waals surface area contributed by atoms with E-state index in [0.29, 0.717) is 89.9 Å². The number of rotatable bonds is 66. The minimum atomic E-state index is -5.53. The van der Waals surface area contributed by atoms with Crippen LogP contribution in [-0.2, 0) is 144 Å². The minimum absolute atomic E-state index is 0.0121. The lowest BCUT2D eigenvalue weighted by atomic mass is 9.86. The SMILES string of the molecule is CC1[C@H](OCC(=O)CCCCCCCO[C@@H]2C[C@@H](OP(=O)([O-])OCCOC(C)(C)C)C(COP(=O)([O-])OCCOP(=O)([O-])O[C@@H]3C[C@@H](OCCCCCCCC(=O)CO[C@@H]4OC(CO)[C@H](O)[C@H](O)C4C)OC3COP(=O)([O-])OCCOP(=O)([O-])OC3C[C@@H](OCCCCCCCC(=O)CO[C@@H]4OC(CO)[C@H](O)[C@H](O)C4C)O[C@@H]3CO)O2)OC(CO)[C@H](C)[C@@H]1O.CCO.CCO.CCO.CCO.CCO.CCO. The first-order valence-corrected chi connectivity index (χ1v) is 55.8. The first-order chi connectivity index (χ1) is 67.1. The molecule has 0 amide bonds. The van der Waals surface area contributed by atoms with Crippen LogP contribution in [0.2, 0.25) is 0 Å². The van der Waals surface area contributed by atoms with Gasteiger partial charge in [0.2, 0.25) is 0 Å². The lowest BCUT2D eigenvalue weighted by Crippen LogP contribution is -2.55. The number of carbonyl (C=O) groups is 3. The number of hydrogen-bond donors (Lipinski definition) is 15. The third-order valence-electron chi connectivity index (χ3n) is 21.2. The summed E-state index contributed by atoms with van der Waals surface area (Å²) in [6.45, 7) is 14.3. The van der Waals surface area contributed by atoms with E-state index in [2.05, 4.69) is 0 Å². The van der Waals surface area contributed by atoms with Gasteiger partial charge in [0.25, 0.3) is 39.1 Å². The number of aliphatic hydroxyl groups excluding tert-OH is 15. The van der Waals surface area contributed by atoms with Gasteiger partial charge in [-0.2, -0.15) is 0 Å². The van der Waals surface area contributed by atoms with Gasteiger partial charge < -0.3 is 208 Å². The molecular weight excluding hydrogens is 2000 g/mol. The normalized spacial score (nSPS) is 29.7. The highest BCUT2D eigenvalue weighted by Crippen LogP contribution is 2.49. The van der Waals surface area contributed by atoms with Gasteiger partial charge in [0, 0.05) is 122 Å². The fourth-order valence-corrected chi connectivity index (χ4v) is 18.1. The Labute approximate surface area is 833 Å². The Hall–Kier alpha value is -1.56. The third-order valence-corrected chi connectivity index (χ3v) is 26.2. The maximum atomic E-state index is 13.4. The number of carbonyl (C=O) groups excluding carboxylic acids is 3. The van der Waals surface area contributed by atoms with E-state index in [1.54, 1.807) is 90.0 Å². The van der Waals surface area contributed by atoms with E-state index in [1.165, 1.54) is 0 Å². The summed E-state index contributed by atoms with van der Waals surface area (Å²) < 4.78 is 189. The Kier molecular flexibility index (Phi) is 78.5. The van der Waals surface area contributed by atoms with Gasteiger partial charge >= 0.3 is 0 Å². The minimum Gasteiger partial charge on any atom is -0.756 e. The molecule has 6 aliphatic rings. The van der Waals surface area contributed by atoms with Crippen LogP contribution in [0.25, 0.3) is 0 Å². The highest BCUT2D eigenvalue weighted by atomic mass is 31.2. The zero-order chi connectivity index (χ0) is 108. The molecule has 6 saturated heterocycles. The van der Waals surface area contributed by atoms with Crippen LogP contribution in [0, 0.1) is 23.7 Å². The van der Waals surface area contributed by atoms with Gasteiger partial charge in [0.05, 0.1) is 128 Å². The molecule has 15 N–H and O–H groups in total. The molecule has 0 saturated carbocycles. The predicted octanol–water partition coefficient (Wildman–Crippen LogP) is 1.07. The Morgan fingerprint density at radius 2 is 0.542 bits per heavy atom. The summed E-state index contributed by atoms with van der Waals surface area (Å²) in [7, 11) is -26.8. The molecule has 0 spiro atoms. The summed E-state index contributed by atoms with van der Waals surface area (Å²) in [6.07, 6.45) is -14.6. The number of unbranched alkanes of at least 4 members (excludes halogenated alkanes) is 12. The fraction of sp³-hybridized carbons (Fsp3) is 0.965. The van der Waals surface area contributed by atoms with Crippen molar-refractivity contribution in [2.45, 2.75) is 354 Å². The van der Waals surface area contributed by atoms with Crippen LogP contribution in [0.15, 0.2) is 0 Å². The number of ether oxygens (including phenoxy) is 13. The maximum absolute atomic E-state index is 13.4. The van der Waals surface area contributed by atoms with Crippen molar-refractivity contribution in [1.82, 2.24) is 0 Å². The second-order valence-corrected chi connectivity index (χ2v) is 41.2. The second-order valence-electron chi connectivity index (χ2n) is 34.3. The quantitative estimate of drug-likeness (QED) is 0.0299. The summed E-state index contributed by atoms with van der Waals surface area (Å²) >= 11 is 0. The molecule has 6 rings (SSSR count). The predicted molar refractivity (Wildman–Crippen MR) is 491 cm³/mol. The van der Waals surface area contributed by atoms with Crippen LogP contribution >= 0.6 is 39.1 Å². The molecule has 51 nitrogen and oxygen atoms in total. The molecule has 14 unspecified atom stereocenters. The molecule has 56 heteroatoms. The highest BCUT2D eigenvalue weighted by Gasteiger charge is 2.47. The monoisotopic (exact) mass is 2170 g/mol. The van der Waals surface area contributed by atoms with E-state index < -0.39 is 258 Å². The molecule has 0 aromatic heterocycles. The summed E-state index contributed by atoms with van der Waals surface area (Å²) in [4.78, 5) is 103. The standard InChI is InChI=1S/C74H137O45P5.6C2H6O/c1-47-57(38-75)114-71(48(2)66(47)82)100-42-51(79)23-17-12-9-15-21-27-98-64-36-55(118-122(91,92)106-30-29-103-74(5,6)7)61(112-64)45-109-121(89,90)105-32-34-108-124(95,96)119-56-37-65(99-28-22-16-10-13-19-25-53(81)44-102-73-50(4)68(84)70(86)60(41-78)116-73)113-62(56)46-110-120(87,88)104-31-33-107-123(93,94)117-54-35-63(111-58(54)39-76)97-26-20-14-8-11-18-24-52(80)43-101-72-49(3)67(83)69(85)59(40-77)115-72;6*1-2-3/h47-50,54-73,75-78,82-86H,8-46H2,1-7H3,(H,87,88)(H,89,90)(H,91,92)(H,93,94)(H,95,96);6*3H,2H2,1H3/p-5/t47-,48?,49?,50?,54?,55+,56+,57?,58+,59?,60?,61?,62?,63-,64-,65-,66-,67+,68+,69-,70-,71+,72+,73+;;;;;;/m0....../s1. The second kappa shape index (κ2) is 79.4. The maximum Gasteiger partial charge on any atom is 0.268 e. The molecule has 848 valence electrons. The van der Waals surface area contributed by atoms with Crippen molar-refractivity contribution in [2.24, 2.45) is 23.7 Å². The smallest absolute Gasteiger partial charge is 0.268 e. The third kappa shape index (κ3) is 62.6. The van der Waals surface area contributed by atoms with E-state index in [-0.39, 0.29) is 148 Å². The average molecular weight is 2170 g/mol. The van der Waals surface area contributed by atoms with Crippen LogP contribution in [-0.4, -0.2) is 381 Å². The van der Waals surface area contributed by atoms with E-state index in [9.17, 15) is 108 Å². The van der Waals surface area contributed by atoms with Crippen molar-refractivity contribution in [3.8, 4) is 0 Å². The number of aliphatic hydroxyl groups is 15. The Bertz CT molecular complexity index is 3400.